The van der Waals surface area contributed by atoms with Crippen molar-refractivity contribution in [3.8, 4) is 5.75 Å². The molecule has 1 heterocycles. The highest BCUT2D eigenvalue weighted by Crippen LogP contribution is 2.16. The molecular formula is C14H15BrClN2O2S-. The van der Waals surface area contributed by atoms with Gasteiger partial charge in [0.1, 0.15) is 11.5 Å². The second-order valence-corrected chi connectivity index (χ2v) is 5.92. The Kier molecular flexibility index (Phi) is 8.34. The summed E-state index contributed by atoms with van der Waals surface area (Å²) in [6, 6.07) is 11.4. The lowest BCUT2D eigenvalue weighted by Gasteiger charge is -2.05. The fourth-order valence-electron chi connectivity index (χ4n) is 1.44. The second-order valence-electron chi connectivity index (χ2n) is 3.88. The normalized spacial score (nSPS) is 11.0. The van der Waals surface area contributed by atoms with E-state index in [4.69, 9.17) is 14.9 Å². The van der Waals surface area contributed by atoms with Crippen LogP contribution in [0.15, 0.2) is 56.5 Å². The van der Waals surface area contributed by atoms with Crippen molar-refractivity contribution < 1.29 is 21.6 Å². The van der Waals surface area contributed by atoms with E-state index >= 15 is 0 Å². The highest BCUT2D eigenvalue weighted by atomic mass is 79.9. The average Bonchev–Trinajstić information content (AvgIpc) is 2.96. The smallest absolute Gasteiger partial charge is 0.154 e. The van der Waals surface area contributed by atoms with E-state index in [9.17, 15) is 0 Å². The summed E-state index contributed by atoms with van der Waals surface area (Å²) in [6.45, 7) is 1.06. The van der Waals surface area contributed by atoms with E-state index in [0.717, 1.165) is 21.7 Å². The highest BCUT2D eigenvalue weighted by molar-refractivity contribution is 9.10. The first kappa shape index (κ1) is 17.9. The molecule has 0 amide bonds. The molecule has 0 radical (unpaired) electrons. The van der Waals surface area contributed by atoms with Crippen molar-refractivity contribution in [1.82, 2.24) is 0 Å². The number of aliphatic imine (C=N–C) groups is 1. The molecule has 7 heteroatoms. The van der Waals surface area contributed by atoms with Gasteiger partial charge in [0.05, 0.1) is 19.4 Å². The molecule has 0 unspecified atom stereocenters. The molecule has 21 heavy (non-hydrogen) atoms. The topological polar surface area (TPSA) is 60.8 Å². The van der Waals surface area contributed by atoms with Crippen LogP contribution in [0.5, 0.6) is 5.75 Å². The quantitative estimate of drug-likeness (QED) is 0.447. The predicted octanol–water partition coefficient (Wildman–Crippen LogP) is 0.673. The second kappa shape index (κ2) is 9.76. The van der Waals surface area contributed by atoms with Gasteiger partial charge in [-0.25, -0.2) is 0 Å². The average molecular weight is 391 g/mol. The molecule has 0 saturated heterocycles. The van der Waals surface area contributed by atoms with Crippen LogP contribution < -0.4 is 22.9 Å². The minimum Gasteiger partial charge on any atom is -1.00 e. The van der Waals surface area contributed by atoms with Gasteiger partial charge < -0.3 is 27.3 Å². The van der Waals surface area contributed by atoms with Gasteiger partial charge in [-0.05, 0) is 36.4 Å². The summed E-state index contributed by atoms with van der Waals surface area (Å²) in [5.41, 5.74) is 5.80. The van der Waals surface area contributed by atoms with Gasteiger partial charge in [0, 0.05) is 10.2 Å². The standard InChI is InChI=1S/C14H15BrN2O2S.ClH/c15-11-3-5-12(6-4-11)19-8-9-20-14(16)17-10-13-2-1-7-18-13;/h1-7H,8-10H2,(H2,16,17);1H/p-1. The minimum atomic E-state index is 0. The lowest BCUT2D eigenvalue weighted by molar-refractivity contribution is -0.00000496. The Labute approximate surface area is 142 Å². The predicted molar refractivity (Wildman–Crippen MR) is 86.1 cm³/mol. The van der Waals surface area contributed by atoms with Crippen LogP contribution in [0, 0.1) is 0 Å². The Hall–Kier alpha value is -1.11. The van der Waals surface area contributed by atoms with E-state index in [0.29, 0.717) is 18.3 Å². The molecule has 0 aliphatic carbocycles. The number of rotatable bonds is 6. The molecule has 114 valence electrons. The molecule has 0 saturated carbocycles. The van der Waals surface area contributed by atoms with Gasteiger partial charge in [-0.15, -0.1) is 0 Å². The molecule has 1 aromatic carbocycles. The summed E-state index contributed by atoms with van der Waals surface area (Å²) in [5.74, 6) is 2.41. The molecule has 0 fully saturated rings. The Bertz CT molecular complexity index is 547. The molecule has 2 N–H and O–H groups in total. The monoisotopic (exact) mass is 389 g/mol. The summed E-state index contributed by atoms with van der Waals surface area (Å²) >= 11 is 4.85. The maximum absolute atomic E-state index is 5.80. The SMILES string of the molecule is NC(=NCc1ccco1)SCCOc1ccc(Br)cc1.[Cl-]. The number of furan rings is 1. The van der Waals surface area contributed by atoms with E-state index in [1.54, 1.807) is 6.26 Å². The van der Waals surface area contributed by atoms with Gasteiger partial charge in [0.15, 0.2) is 5.17 Å². The number of nitrogens with two attached hydrogens (primary N) is 1. The highest BCUT2D eigenvalue weighted by Gasteiger charge is 1.98. The van der Waals surface area contributed by atoms with E-state index in [2.05, 4.69) is 20.9 Å². The Morgan fingerprint density at radius 3 is 2.71 bits per heavy atom. The summed E-state index contributed by atoms with van der Waals surface area (Å²) in [6.07, 6.45) is 1.63. The van der Waals surface area contributed by atoms with Crippen LogP contribution in [-0.2, 0) is 6.54 Å². The van der Waals surface area contributed by atoms with Crippen LogP contribution in [0.25, 0.3) is 0 Å². The maximum atomic E-state index is 5.80. The summed E-state index contributed by atoms with van der Waals surface area (Å²) < 4.78 is 11.8. The van der Waals surface area contributed by atoms with E-state index < -0.39 is 0 Å². The first-order valence-corrected chi connectivity index (χ1v) is 7.85. The van der Waals surface area contributed by atoms with Gasteiger partial charge in [0.2, 0.25) is 0 Å². The largest absolute Gasteiger partial charge is 1.00 e. The van der Waals surface area contributed by atoms with Crippen molar-refractivity contribution in [2.24, 2.45) is 10.7 Å². The number of halogens is 2. The number of hydrogen-bond acceptors (Lipinski definition) is 4. The zero-order chi connectivity index (χ0) is 14.2. The van der Waals surface area contributed by atoms with Crippen LogP contribution in [0.1, 0.15) is 5.76 Å². The zero-order valence-electron chi connectivity index (χ0n) is 11.2. The number of thioether (sulfide) groups is 1. The van der Waals surface area contributed by atoms with Crippen molar-refractivity contribution >= 4 is 32.9 Å². The first-order chi connectivity index (χ1) is 9.74. The molecule has 0 atom stereocenters. The Morgan fingerprint density at radius 2 is 2.05 bits per heavy atom. The fourth-order valence-corrected chi connectivity index (χ4v) is 2.24. The fraction of sp³-hybridized carbons (Fsp3) is 0.214. The summed E-state index contributed by atoms with van der Waals surface area (Å²) in [5, 5.41) is 0.542. The lowest BCUT2D eigenvalue weighted by Crippen LogP contribution is -3.00. The molecule has 0 spiro atoms. The first-order valence-electron chi connectivity index (χ1n) is 6.07. The van der Waals surface area contributed by atoms with E-state index in [1.807, 2.05) is 36.4 Å². The number of amidine groups is 1. The third kappa shape index (κ3) is 6.93. The number of hydrogen-bond donors (Lipinski definition) is 1. The molecule has 4 nitrogen and oxygen atoms in total. The Morgan fingerprint density at radius 1 is 1.29 bits per heavy atom. The third-order valence-electron chi connectivity index (χ3n) is 2.39. The summed E-state index contributed by atoms with van der Waals surface area (Å²) in [4.78, 5) is 4.22. The molecule has 0 aliphatic heterocycles. The van der Waals surface area contributed by atoms with Gasteiger partial charge >= 0.3 is 0 Å². The van der Waals surface area contributed by atoms with Gasteiger partial charge in [-0.2, -0.15) is 0 Å². The molecule has 0 bridgehead atoms. The number of benzene rings is 1. The van der Waals surface area contributed by atoms with Gasteiger partial charge in [-0.1, -0.05) is 27.7 Å². The van der Waals surface area contributed by atoms with Crippen molar-refractivity contribution in [2.75, 3.05) is 12.4 Å². The number of nitrogens with zero attached hydrogens (tertiary/aromatic N) is 1. The lowest BCUT2D eigenvalue weighted by atomic mass is 10.3. The van der Waals surface area contributed by atoms with Crippen LogP contribution in [0.3, 0.4) is 0 Å². The van der Waals surface area contributed by atoms with Crippen LogP contribution in [-0.4, -0.2) is 17.5 Å². The van der Waals surface area contributed by atoms with Crippen molar-refractivity contribution in [3.05, 3.63) is 52.9 Å². The Balaban J connectivity index is 0.00000220. The molecule has 0 aliphatic rings. The molecular weight excluding hydrogens is 376 g/mol. The van der Waals surface area contributed by atoms with Crippen molar-refractivity contribution in [2.45, 2.75) is 6.54 Å². The molecule has 2 aromatic rings. The van der Waals surface area contributed by atoms with Gasteiger partial charge in [-0.3, -0.25) is 4.99 Å². The zero-order valence-corrected chi connectivity index (χ0v) is 14.3. The number of ether oxygens (including phenoxy) is 1. The minimum absolute atomic E-state index is 0. The van der Waals surface area contributed by atoms with Gasteiger partial charge in [0.25, 0.3) is 0 Å². The van der Waals surface area contributed by atoms with E-state index in [1.165, 1.54) is 11.8 Å². The van der Waals surface area contributed by atoms with Crippen LogP contribution in [0.2, 0.25) is 0 Å². The maximum Gasteiger partial charge on any atom is 0.154 e. The van der Waals surface area contributed by atoms with Crippen molar-refractivity contribution in [3.63, 3.8) is 0 Å². The third-order valence-corrected chi connectivity index (χ3v) is 3.71. The van der Waals surface area contributed by atoms with Crippen LogP contribution in [0.4, 0.5) is 0 Å². The summed E-state index contributed by atoms with van der Waals surface area (Å²) in [7, 11) is 0. The van der Waals surface area contributed by atoms with E-state index in [-0.39, 0.29) is 12.4 Å². The molecule has 2 rings (SSSR count). The molecule has 1 aromatic heterocycles. The van der Waals surface area contributed by atoms with Crippen LogP contribution >= 0.6 is 27.7 Å². The van der Waals surface area contributed by atoms with Crippen molar-refractivity contribution in [1.29, 1.82) is 0 Å².